The Labute approximate surface area is 137 Å². The second-order valence-electron chi connectivity index (χ2n) is 5.64. The van der Waals surface area contributed by atoms with Gasteiger partial charge in [0.1, 0.15) is 11.9 Å². The van der Waals surface area contributed by atoms with Gasteiger partial charge in [0.15, 0.2) is 0 Å². The summed E-state index contributed by atoms with van der Waals surface area (Å²) in [6.45, 7) is 7.98. The van der Waals surface area contributed by atoms with E-state index in [2.05, 4.69) is 5.32 Å². The van der Waals surface area contributed by atoms with E-state index in [9.17, 15) is 9.90 Å². The molecule has 0 heterocycles. The molecule has 0 saturated heterocycles. The molecule has 2 N–H and O–H groups in total. The SMILES string of the molecule is CC(O)CN(C(=O)NCC(C)Oc1ccccc1Cl)C(C)C. The summed E-state index contributed by atoms with van der Waals surface area (Å²) in [6, 6.07) is 7.01. The van der Waals surface area contributed by atoms with Crippen molar-refractivity contribution in [2.24, 2.45) is 0 Å². The third-order valence-corrected chi connectivity index (χ3v) is 3.36. The van der Waals surface area contributed by atoms with E-state index in [0.717, 1.165) is 0 Å². The molecule has 0 aromatic heterocycles. The van der Waals surface area contributed by atoms with Crippen molar-refractivity contribution in [3.8, 4) is 5.75 Å². The van der Waals surface area contributed by atoms with Crippen LogP contribution in [0.3, 0.4) is 0 Å². The highest BCUT2D eigenvalue weighted by molar-refractivity contribution is 6.32. The molecular formula is C16H25ClN2O3. The topological polar surface area (TPSA) is 61.8 Å². The summed E-state index contributed by atoms with van der Waals surface area (Å²) in [5.41, 5.74) is 0. The van der Waals surface area contributed by atoms with E-state index >= 15 is 0 Å². The molecule has 124 valence electrons. The first-order valence-electron chi connectivity index (χ1n) is 7.45. The van der Waals surface area contributed by atoms with Crippen LogP contribution in [0.25, 0.3) is 0 Å². The number of carbonyl (C=O) groups excluding carboxylic acids is 1. The molecule has 22 heavy (non-hydrogen) atoms. The van der Waals surface area contributed by atoms with Gasteiger partial charge in [-0.15, -0.1) is 0 Å². The zero-order valence-electron chi connectivity index (χ0n) is 13.5. The summed E-state index contributed by atoms with van der Waals surface area (Å²) in [5, 5.41) is 12.8. The van der Waals surface area contributed by atoms with Gasteiger partial charge in [-0.2, -0.15) is 0 Å². The van der Waals surface area contributed by atoms with Crippen molar-refractivity contribution < 1.29 is 14.6 Å². The van der Waals surface area contributed by atoms with E-state index in [1.807, 2.05) is 32.9 Å². The highest BCUT2D eigenvalue weighted by atomic mass is 35.5. The standard InChI is InChI=1S/C16H25ClN2O3/c1-11(2)19(10-12(3)20)16(21)18-9-13(4)22-15-8-6-5-7-14(15)17/h5-8,11-13,20H,9-10H2,1-4H3,(H,18,21). The van der Waals surface area contributed by atoms with Gasteiger partial charge in [-0.25, -0.2) is 4.79 Å². The van der Waals surface area contributed by atoms with Crippen LogP contribution in [-0.4, -0.2) is 47.4 Å². The molecule has 5 nitrogen and oxygen atoms in total. The number of rotatable bonds is 7. The van der Waals surface area contributed by atoms with Crippen molar-refractivity contribution in [3.05, 3.63) is 29.3 Å². The molecule has 0 bridgehead atoms. The van der Waals surface area contributed by atoms with E-state index in [1.54, 1.807) is 24.0 Å². The Bertz CT molecular complexity index is 480. The fourth-order valence-corrected chi connectivity index (χ4v) is 2.12. The van der Waals surface area contributed by atoms with Gasteiger partial charge in [0.25, 0.3) is 0 Å². The number of aliphatic hydroxyl groups is 1. The number of urea groups is 1. The van der Waals surface area contributed by atoms with Crippen LogP contribution >= 0.6 is 11.6 Å². The van der Waals surface area contributed by atoms with E-state index in [0.29, 0.717) is 23.9 Å². The molecule has 0 spiro atoms. The molecule has 1 aromatic rings. The first-order valence-corrected chi connectivity index (χ1v) is 7.82. The van der Waals surface area contributed by atoms with Crippen molar-refractivity contribution in [2.45, 2.75) is 45.9 Å². The number of nitrogens with one attached hydrogen (secondary N) is 1. The molecule has 2 amide bonds. The van der Waals surface area contributed by atoms with Gasteiger partial charge >= 0.3 is 6.03 Å². The zero-order chi connectivity index (χ0) is 16.7. The molecule has 0 saturated carbocycles. The van der Waals surface area contributed by atoms with Gasteiger partial charge in [-0.05, 0) is 39.8 Å². The van der Waals surface area contributed by atoms with E-state index in [-0.39, 0.29) is 18.2 Å². The monoisotopic (exact) mass is 328 g/mol. The maximum Gasteiger partial charge on any atom is 0.317 e. The van der Waals surface area contributed by atoms with Crippen LogP contribution in [-0.2, 0) is 0 Å². The summed E-state index contributed by atoms with van der Waals surface area (Å²) in [6.07, 6.45) is -0.783. The summed E-state index contributed by atoms with van der Waals surface area (Å²) < 4.78 is 5.70. The second kappa shape index (κ2) is 8.86. The summed E-state index contributed by atoms with van der Waals surface area (Å²) in [7, 11) is 0. The maximum absolute atomic E-state index is 12.2. The zero-order valence-corrected chi connectivity index (χ0v) is 14.3. The lowest BCUT2D eigenvalue weighted by molar-refractivity contribution is 0.116. The van der Waals surface area contributed by atoms with Crippen LogP contribution in [0.15, 0.2) is 24.3 Å². The van der Waals surface area contributed by atoms with Crippen LogP contribution in [0.5, 0.6) is 5.75 Å². The minimum absolute atomic E-state index is 0.00870. The Morgan fingerprint density at radius 1 is 1.32 bits per heavy atom. The van der Waals surface area contributed by atoms with Crippen LogP contribution < -0.4 is 10.1 Å². The lowest BCUT2D eigenvalue weighted by atomic mass is 10.3. The normalized spacial score (nSPS) is 13.6. The lowest BCUT2D eigenvalue weighted by Crippen LogP contribution is -2.48. The average molecular weight is 329 g/mol. The Hall–Kier alpha value is -1.46. The molecule has 1 rings (SSSR count). The van der Waals surface area contributed by atoms with Gasteiger partial charge < -0.3 is 20.1 Å². The number of carbonyl (C=O) groups is 1. The number of para-hydroxylation sites is 1. The molecule has 0 aliphatic carbocycles. The third kappa shape index (κ3) is 6.12. The highest BCUT2D eigenvalue weighted by Crippen LogP contribution is 2.24. The van der Waals surface area contributed by atoms with E-state index in [1.165, 1.54) is 0 Å². The smallest absolute Gasteiger partial charge is 0.317 e. The number of ether oxygens (including phenoxy) is 1. The first-order chi connectivity index (χ1) is 10.3. The van der Waals surface area contributed by atoms with Crippen molar-refractivity contribution in [1.29, 1.82) is 0 Å². The summed E-state index contributed by atoms with van der Waals surface area (Å²) in [5.74, 6) is 0.593. The predicted molar refractivity (Wildman–Crippen MR) is 88.5 cm³/mol. The molecule has 0 aliphatic heterocycles. The predicted octanol–water partition coefficient (Wildman–Crippen LogP) is 2.91. The van der Waals surface area contributed by atoms with Gasteiger partial charge in [-0.3, -0.25) is 0 Å². The van der Waals surface area contributed by atoms with Crippen molar-refractivity contribution >= 4 is 17.6 Å². The molecular weight excluding hydrogens is 304 g/mol. The number of hydrogen-bond acceptors (Lipinski definition) is 3. The Kier molecular flexibility index (Phi) is 7.48. The molecule has 6 heteroatoms. The first kappa shape index (κ1) is 18.6. The number of halogens is 1. The van der Waals surface area contributed by atoms with Crippen LogP contribution in [0.4, 0.5) is 4.79 Å². The minimum Gasteiger partial charge on any atom is -0.487 e. The van der Waals surface area contributed by atoms with Gasteiger partial charge in [0, 0.05) is 12.6 Å². The van der Waals surface area contributed by atoms with Crippen molar-refractivity contribution in [1.82, 2.24) is 10.2 Å². The number of nitrogens with zero attached hydrogens (tertiary/aromatic N) is 1. The van der Waals surface area contributed by atoms with Gasteiger partial charge in [0.2, 0.25) is 0 Å². The molecule has 0 aliphatic rings. The van der Waals surface area contributed by atoms with Gasteiger partial charge in [0.05, 0.1) is 17.7 Å². The summed E-state index contributed by atoms with van der Waals surface area (Å²) >= 11 is 6.03. The van der Waals surface area contributed by atoms with Crippen molar-refractivity contribution in [2.75, 3.05) is 13.1 Å². The maximum atomic E-state index is 12.2. The Morgan fingerprint density at radius 3 is 2.50 bits per heavy atom. The molecule has 0 radical (unpaired) electrons. The van der Waals surface area contributed by atoms with Gasteiger partial charge in [-0.1, -0.05) is 23.7 Å². The highest BCUT2D eigenvalue weighted by Gasteiger charge is 2.19. The van der Waals surface area contributed by atoms with Crippen LogP contribution in [0, 0.1) is 0 Å². The molecule has 0 fully saturated rings. The second-order valence-corrected chi connectivity index (χ2v) is 6.05. The van der Waals surface area contributed by atoms with Crippen LogP contribution in [0.1, 0.15) is 27.7 Å². The Morgan fingerprint density at radius 2 is 1.95 bits per heavy atom. The quantitative estimate of drug-likeness (QED) is 0.809. The fourth-order valence-electron chi connectivity index (χ4n) is 1.94. The molecule has 2 atom stereocenters. The Balaban J connectivity index is 2.50. The van der Waals surface area contributed by atoms with E-state index < -0.39 is 6.10 Å². The fraction of sp³-hybridized carbons (Fsp3) is 0.562. The van der Waals surface area contributed by atoms with Crippen LogP contribution in [0.2, 0.25) is 5.02 Å². The number of aliphatic hydroxyl groups excluding tert-OH is 1. The largest absolute Gasteiger partial charge is 0.487 e. The minimum atomic E-state index is -0.565. The number of amides is 2. The number of hydrogen-bond donors (Lipinski definition) is 2. The number of benzene rings is 1. The average Bonchev–Trinajstić information content (AvgIpc) is 2.44. The molecule has 2 unspecified atom stereocenters. The lowest BCUT2D eigenvalue weighted by Gasteiger charge is -2.28. The van der Waals surface area contributed by atoms with E-state index in [4.69, 9.17) is 16.3 Å². The van der Waals surface area contributed by atoms with Crippen molar-refractivity contribution in [3.63, 3.8) is 0 Å². The third-order valence-electron chi connectivity index (χ3n) is 3.05. The summed E-state index contributed by atoms with van der Waals surface area (Å²) in [4.78, 5) is 13.8. The molecule has 1 aromatic carbocycles.